The third kappa shape index (κ3) is 3.82. The number of hydrogen-bond acceptors (Lipinski definition) is 3. The Morgan fingerprint density at radius 3 is 2.30 bits per heavy atom. The Kier molecular flexibility index (Phi) is 6.54. The largest absolute Gasteiger partial charge is 0.338 e. The van der Waals surface area contributed by atoms with Crippen LogP contribution in [-0.4, -0.2) is 35.2 Å². The SMILES string of the molecule is CCNC(=O)N1C(C(C)C)C(c2ccc(Cl)cc2)C(C(=O)c2ccccc2)C12C(=O)Nc1ccccc12. The molecule has 2 aliphatic heterocycles. The van der Waals surface area contributed by atoms with Crippen molar-refractivity contribution in [1.82, 2.24) is 10.2 Å². The van der Waals surface area contributed by atoms with Crippen LogP contribution in [0.2, 0.25) is 5.02 Å². The average molecular weight is 516 g/mol. The number of hydrogen-bond donors (Lipinski definition) is 2. The monoisotopic (exact) mass is 515 g/mol. The van der Waals surface area contributed by atoms with E-state index in [1.165, 1.54) is 0 Å². The van der Waals surface area contributed by atoms with Gasteiger partial charge in [0, 0.05) is 40.3 Å². The number of fused-ring (bicyclic) bond motifs is 2. The number of anilines is 1. The van der Waals surface area contributed by atoms with Gasteiger partial charge in [0.15, 0.2) is 11.3 Å². The van der Waals surface area contributed by atoms with Crippen LogP contribution in [0.3, 0.4) is 0 Å². The summed E-state index contributed by atoms with van der Waals surface area (Å²) < 4.78 is 0. The number of benzene rings is 3. The number of rotatable bonds is 5. The van der Waals surface area contributed by atoms with Crippen LogP contribution in [0, 0.1) is 11.8 Å². The molecular formula is C30H30ClN3O3. The van der Waals surface area contributed by atoms with Crippen molar-refractivity contribution in [3.05, 3.63) is 101 Å². The highest BCUT2D eigenvalue weighted by Crippen LogP contribution is 2.60. The maximum absolute atomic E-state index is 14.5. The maximum atomic E-state index is 14.5. The van der Waals surface area contributed by atoms with E-state index in [1.54, 1.807) is 29.2 Å². The lowest BCUT2D eigenvalue weighted by Gasteiger charge is -2.40. The molecule has 1 fully saturated rings. The second kappa shape index (κ2) is 9.67. The van der Waals surface area contributed by atoms with Gasteiger partial charge in [-0.2, -0.15) is 0 Å². The molecule has 2 heterocycles. The van der Waals surface area contributed by atoms with Crippen molar-refractivity contribution < 1.29 is 14.4 Å². The third-order valence-electron chi connectivity index (χ3n) is 7.61. The molecule has 37 heavy (non-hydrogen) atoms. The normalized spacial score (nSPS) is 24.3. The summed E-state index contributed by atoms with van der Waals surface area (Å²) in [7, 11) is 0. The number of carbonyl (C=O) groups excluding carboxylic acids is 3. The van der Waals surface area contributed by atoms with Crippen molar-refractivity contribution in [1.29, 1.82) is 0 Å². The van der Waals surface area contributed by atoms with Crippen LogP contribution >= 0.6 is 11.6 Å². The Morgan fingerprint density at radius 1 is 1.00 bits per heavy atom. The molecular weight excluding hydrogens is 486 g/mol. The highest BCUT2D eigenvalue weighted by molar-refractivity contribution is 6.30. The van der Waals surface area contributed by atoms with Gasteiger partial charge in [-0.3, -0.25) is 9.59 Å². The van der Waals surface area contributed by atoms with Crippen LogP contribution in [0.15, 0.2) is 78.9 Å². The smallest absolute Gasteiger partial charge is 0.318 e. The molecule has 190 valence electrons. The molecule has 5 rings (SSSR count). The number of ketones is 1. The summed E-state index contributed by atoms with van der Waals surface area (Å²) in [4.78, 5) is 44.3. The number of nitrogens with zero attached hydrogens (tertiary/aromatic N) is 1. The van der Waals surface area contributed by atoms with E-state index in [4.69, 9.17) is 11.6 Å². The first-order valence-electron chi connectivity index (χ1n) is 12.6. The number of nitrogens with one attached hydrogen (secondary N) is 2. The molecule has 1 spiro atoms. The lowest BCUT2D eigenvalue weighted by molar-refractivity contribution is -0.126. The van der Waals surface area contributed by atoms with Crippen molar-refractivity contribution in [2.75, 3.05) is 11.9 Å². The fourth-order valence-corrected chi connectivity index (χ4v) is 6.40. The van der Waals surface area contributed by atoms with E-state index in [0.717, 1.165) is 5.56 Å². The van der Waals surface area contributed by atoms with Gasteiger partial charge < -0.3 is 15.5 Å². The van der Waals surface area contributed by atoms with E-state index in [9.17, 15) is 14.4 Å². The van der Waals surface area contributed by atoms with Crippen molar-refractivity contribution in [2.24, 2.45) is 11.8 Å². The fraction of sp³-hybridized carbons (Fsp3) is 0.300. The van der Waals surface area contributed by atoms with Gasteiger partial charge in [-0.15, -0.1) is 0 Å². The summed E-state index contributed by atoms with van der Waals surface area (Å²) in [5.74, 6) is -1.92. The van der Waals surface area contributed by atoms with Crippen molar-refractivity contribution in [3.63, 3.8) is 0 Å². The van der Waals surface area contributed by atoms with Gasteiger partial charge in [-0.25, -0.2) is 4.79 Å². The summed E-state index contributed by atoms with van der Waals surface area (Å²) in [6.07, 6.45) is 0. The van der Waals surface area contributed by atoms with E-state index in [0.29, 0.717) is 28.4 Å². The molecule has 7 heteroatoms. The minimum absolute atomic E-state index is 0.0608. The Bertz CT molecular complexity index is 1340. The molecule has 3 aromatic rings. The minimum Gasteiger partial charge on any atom is -0.338 e. The van der Waals surface area contributed by atoms with Crippen molar-refractivity contribution in [2.45, 2.75) is 38.3 Å². The predicted octanol–water partition coefficient (Wildman–Crippen LogP) is 5.84. The Labute approximate surface area is 222 Å². The Hall–Kier alpha value is -3.64. The topological polar surface area (TPSA) is 78.5 Å². The van der Waals surface area contributed by atoms with Gasteiger partial charge in [0.1, 0.15) is 0 Å². The van der Waals surface area contributed by atoms with Gasteiger partial charge in [0.25, 0.3) is 5.91 Å². The van der Waals surface area contributed by atoms with Crippen LogP contribution in [-0.2, 0) is 10.3 Å². The first-order chi connectivity index (χ1) is 17.8. The van der Waals surface area contributed by atoms with Gasteiger partial charge in [-0.1, -0.05) is 86.1 Å². The lowest BCUT2D eigenvalue weighted by Crippen LogP contribution is -2.59. The zero-order valence-electron chi connectivity index (χ0n) is 21.1. The molecule has 1 saturated heterocycles. The standard InChI is InChI=1S/C30H30ClN3O3/c1-4-32-29(37)34-26(18(2)3)24(19-14-16-21(31)17-15-19)25(27(35)20-10-6-5-7-11-20)30(34)22-12-8-9-13-23(22)33-28(30)36/h5-18,24-26H,4H2,1-3H3,(H,32,37)(H,33,36). The molecule has 4 atom stereocenters. The zero-order valence-corrected chi connectivity index (χ0v) is 21.8. The highest BCUT2D eigenvalue weighted by Gasteiger charge is 2.70. The second-order valence-corrected chi connectivity index (χ2v) is 10.4. The number of likely N-dealkylation sites (tertiary alicyclic amines) is 1. The molecule has 0 radical (unpaired) electrons. The maximum Gasteiger partial charge on any atom is 0.318 e. The molecule has 2 N–H and O–H groups in total. The van der Waals surface area contributed by atoms with Crippen LogP contribution < -0.4 is 10.6 Å². The zero-order chi connectivity index (χ0) is 26.3. The van der Waals surface area contributed by atoms with Gasteiger partial charge >= 0.3 is 6.03 Å². The molecule has 0 aliphatic carbocycles. The van der Waals surface area contributed by atoms with Crippen LogP contribution in [0.4, 0.5) is 10.5 Å². The van der Waals surface area contributed by atoms with Crippen LogP contribution in [0.25, 0.3) is 0 Å². The van der Waals surface area contributed by atoms with E-state index in [1.807, 2.05) is 75.4 Å². The highest BCUT2D eigenvalue weighted by atomic mass is 35.5. The van der Waals surface area contributed by atoms with Crippen molar-refractivity contribution in [3.8, 4) is 0 Å². The molecule has 2 aliphatic rings. The number of para-hydroxylation sites is 1. The summed E-state index contributed by atoms with van der Waals surface area (Å²) in [5, 5.41) is 6.51. The summed E-state index contributed by atoms with van der Waals surface area (Å²) >= 11 is 6.24. The third-order valence-corrected chi connectivity index (χ3v) is 7.86. The second-order valence-electron chi connectivity index (χ2n) is 9.99. The van der Waals surface area contributed by atoms with Gasteiger partial charge in [0.05, 0.1) is 5.92 Å². The molecule has 0 saturated carbocycles. The number of Topliss-reactive ketones (excluding diaryl/α,β-unsaturated/α-hetero) is 1. The summed E-state index contributed by atoms with van der Waals surface area (Å²) in [5.41, 5.74) is 1.10. The molecule has 3 amide bonds. The van der Waals surface area contributed by atoms with E-state index in [2.05, 4.69) is 10.6 Å². The Morgan fingerprint density at radius 2 is 1.65 bits per heavy atom. The number of halogens is 1. The molecule has 3 aromatic carbocycles. The van der Waals surface area contributed by atoms with Crippen LogP contribution in [0.1, 0.15) is 48.2 Å². The molecule has 0 aromatic heterocycles. The van der Waals surface area contributed by atoms with Crippen LogP contribution in [0.5, 0.6) is 0 Å². The van der Waals surface area contributed by atoms with Crippen molar-refractivity contribution >= 4 is 35.0 Å². The average Bonchev–Trinajstić information content (AvgIpc) is 3.38. The number of amides is 3. The molecule has 6 nitrogen and oxygen atoms in total. The fourth-order valence-electron chi connectivity index (χ4n) is 6.27. The first-order valence-corrected chi connectivity index (χ1v) is 13.0. The minimum atomic E-state index is -1.53. The summed E-state index contributed by atoms with van der Waals surface area (Å²) in [6, 6.07) is 23.0. The quantitative estimate of drug-likeness (QED) is 0.419. The molecule has 0 bridgehead atoms. The van der Waals surface area contributed by atoms with Gasteiger partial charge in [-0.05, 0) is 36.6 Å². The molecule has 4 unspecified atom stereocenters. The number of carbonyl (C=O) groups is 3. The van der Waals surface area contributed by atoms with E-state index >= 15 is 0 Å². The summed E-state index contributed by atoms with van der Waals surface area (Å²) in [6.45, 7) is 6.29. The number of urea groups is 1. The van der Waals surface area contributed by atoms with E-state index in [-0.39, 0.29) is 23.6 Å². The Balaban J connectivity index is 1.86. The van der Waals surface area contributed by atoms with Gasteiger partial charge in [0.2, 0.25) is 0 Å². The lowest BCUT2D eigenvalue weighted by atomic mass is 9.68. The predicted molar refractivity (Wildman–Crippen MR) is 145 cm³/mol. The van der Waals surface area contributed by atoms with E-state index < -0.39 is 23.4 Å². The first kappa shape index (κ1) is 25.0.